The Morgan fingerprint density at radius 1 is 1.12 bits per heavy atom. The fourth-order valence-corrected chi connectivity index (χ4v) is 7.17. The molecule has 3 fully saturated rings. The molecule has 3 saturated carbocycles. The second-order valence-corrected chi connectivity index (χ2v) is 9.71. The summed E-state index contributed by atoms with van der Waals surface area (Å²) in [6, 6.07) is 0. The summed E-state index contributed by atoms with van der Waals surface area (Å²) in [5.74, 6) is 2.54. The first kappa shape index (κ1) is 16.4. The highest BCUT2D eigenvalue weighted by Gasteiger charge is 2.62. The van der Waals surface area contributed by atoms with E-state index in [9.17, 15) is 4.79 Å². The minimum atomic E-state index is 0.125. The number of ketones is 1. The maximum atomic E-state index is 11.8. The first-order valence-electron chi connectivity index (χ1n) is 9.83. The molecule has 130 valence electrons. The van der Waals surface area contributed by atoms with Crippen LogP contribution >= 0.6 is 0 Å². The SMILES string of the molecule is C=C(C)[C@@]1(C)CCC2C3CCC4=CC(=O)C=CC4(C)[C@H]3CCC21C. The Balaban J connectivity index is 1.71. The van der Waals surface area contributed by atoms with Crippen LogP contribution in [0.5, 0.6) is 0 Å². The predicted octanol–water partition coefficient (Wildman–Crippen LogP) is 5.88. The molecule has 0 aromatic carbocycles. The molecule has 6 atom stereocenters. The van der Waals surface area contributed by atoms with Gasteiger partial charge in [0, 0.05) is 5.41 Å². The quantitative estimate of drug-likeness (QED) is 0.551. The van der Waals surface area contributed by atoms with Crippen molar-refractivity contribution in [1.82, 2.24) is 0 Å². The van der Waals surface area contributed by atoms with Crippen LogP contribution in [0.1, 0.15) is 66.2 Å². The van der Waals surface area contributed by atoms with Crippen LogP contribution in [0, 0.1) is 34.0 Å². The highest BCUT2D eigenvalue weighted by molar-refractivity contribution is 6.01. The van der Waals surface area contributed by atoms with E-state index >= 15 is 0 Å². The van der Waals surface area contributed by atoms with Crippen molar-refractivity contribution in [3.05, 3.63) is 36.0 Å². The van der Waals surface area contributed by atoms with Crippen molar-refractivity contribution >= 4 is 5.78 Å². The minimum Gasteiger partial charge on any atom is -0.290 e. The van der Waals surface area contributed by atoms with Crippen LogP contribution in [0.25, 0.3) is 0 Å². The lowest BCUT2D eigenvalue weighted by Gasteiger charge is -2.59. The molecule has 0 heterocycles. The third-order valence-corrected chi connectivity index (χ3v) is 9.10. The zero-order valence-electron chi connectivity index (χ0n) is 15.8. The summed E-state index contributed by atoms with van der Waals surface area (Å²) in [6.45, 7) is 14.1. The zero-order chi connectivity index (χ0) is 17.3. The van der Waals surface area contributed by atoms with E-state index in [1.165, 1.54) is 43.3 Å². The molecule has 4 aliphatic rings. The van der Waals surface area contributed by atoms with E-state index in [1.807, 2.05) is 12.2 Å². The van der Waals surface area contributed by atoms with Gasteiger partial charge in [-0.3, -0.25) is 4.79 Å². The molecule has 0 saturated heterocycles. The number of carbonyl (C=O) groups is 1. The standard InChI is InChI=1S/C23H32O/c1-15(2)22(4)12-10-20-18-7-6-16-14-17(24)8-11-21(16,3)19(18)9-13-23(20,22)5/h8,11,14,18-20H,1,6-7,9-10,12-13H2,2-5H3/t18?,19-,20?,21?,22+,23?/m0/s1. The molecule has 0 radical (unpaired) electrons. The predicted molar refractivity (Wildman–Crippen MR) is 99.5 cm³/mol. The van der Waals surface area contributed by atoms with Gasteiger partial charge in [-0.25, -0.2) is 0 Å². The molecule has 4 unspecified atom stereocenters. The zero-order valence-corrected chi connectivity index (χ0v) is 15.8. The Hall–Kier alpha value is -1.11. The second-order valence-electron chi connectivity index (χ2n) is 9.71. The lowest BCUT2D eigenvalue weighted by Crippen LogP contribution is -2.51. The molecule has 24 heavy (non-hydrogen) atoms. The van der Waals surface area contributed by atoms with Gasteiger partial charge in [0.05, 0.1) is 0 Å². The van der Waals surface area contributed by atoms with Crippen LogP contribution in [0.2, 0.25) is 0 Å². The number of hydrogen-bond donors (Lipinski definition) is 0. The van der Waals surface area contributed by atoms with Gasteiger partial charge in [-0.15, -0.1) is 0 Å². The molecule has 1 heteroatoms. The van der Waals surface area contributed by atoms with E-state index in [2.05, 4.69) is 40.3 Å². The van der Waals surface area contributed by atoms with Gasteiger partial charge < -0.3 is 0 Å². The number of carbonyl (C=O) groups excluding carboxylic acids is 1. The molecular weight excluding hydrogens is 292 g/mol. The van der Waals surface area contributed by atoms with E-state index in [0.717, 1.165) is 18.3 Å². The normalized spacial score (nSPS) is 49.9. The molecular formula is C23H32O. The molecule has 0 aliphatic heterocycles. The first-order chi connectivity index (χ1) is 11.2. The highest BCUT2D eigenvalue weighted by atomic mass is 16.1. The van der Waals surface area contributed by atoms with Crippen molar-refractivity contribution in [2.45, 2.75) is 66.2 Å². The highest BCUT2D eigenvalue weighted by Crippen LogP contribution is 2.70. The minimum absolute atomic E-state index is 0.125. The molecule has 0 aromatic heterocycles. The third kappa shape index (κ3) is 1.85. The van der Waals surface area contributed by atoms with Crippen LogP contribution in [-0.4, -0.2) is 5.78 Å². The van der Waals surface area contributed by atoms with Gasteiger partial charge in [0.1, 0.15) is 0 Å². The fourth-order valence-electron chi connectivity index (χ4n) is 7.17. The van der Waals surface area contributed by atoms with Gasteiger partial charge >= 0.3 is 0 Å². The third-order valence-electron chi connectivity index (χ3n) is 9.10. The Labute approximate surface area is 147 Å². The molecule has 0 spiro atoms. The van der Waals surface area contributed by atoms with E-state index in [4.69, 9.17) is 0 Å². The van der Waals surface area contributed by atoms with Gasteiger partial charge in [0.15, 0.2) is 5.78 Å². The van der Waals surface area contributed by atoms with Gasteiger partial charge in [-0.1, -0.05) is 44.6 Å². The van der Waals surface area contributed by atoms with Crippen molar-refractivity contribution in [3.8, 4) is 0 Å². The second kappa shape index (κ2) is 4.96. The summed E-state index contributed by atoms with van der Waals surface area (Å²) in [5, 5.41) is 0. The molecule has 0 aromatic rings. The molecule has 0 bridgehead atoms. The Morgan fingerprint density at radius 2 is 1.83 bits per heavy atom. The summed E-state index contributed by atoms with van der Waals surface area (Å²) in [4.78, 5) is 11.8. The molecule has 4 aliphatic carbocycles. The maximum absolute atomic E-state index is 11.8. The summed E-state index contributed by atoms with van der Waals surface area (Å²) in [6.07, 6.45) is 13.7. The molecule has 0 N–H and O–H groups in total. The Kier molecular flexibility index (Phi) is 3.38. The fraction of sp³-hybridized carbons (Fsp3) is 0.696. The number of fused-ring (bicyclic) bond motifs is 5. The van der Waals surface area contributed by atoms with Crippen LogP contribution in [0.4, 0.5) is 0 Å². The first-order valence-corrected chi connectivity index (χ1v) is 9.83. The van der Waals surface area contributed by atoms with Crippen molar-refractivity contribution in [2.24, 2.45) is 34.0 Å². The monoisotopic (exact) mass is 324 g/mol. The van der Waals surface area contributed by atoms with E-state index < -0.39 is 0 Å². The molecule has 4 rings (SSSR count). The van der Waals surface area contributed by atoms with Crippen molar-refractivity contribution in [3.63, 3.8) is 0 Å². The van der Waals surface area contributed by atoms with E-state index in [0.29, 0.717) is 16.7 Å². The molecule has 0 amide bonds. The van der Waals surface area contributed by atoms with Crippen molar-refractivity contribution in [1.29, 1.82) is 0 Å². The maximum Gasteiger partial charge on any atom is 0.178 e. The van der Waals surface area contributed by atoms with Crippen LogP contribution in [-0.2, 0) is 4.79 Å². The average molecular weight is 325 g/mol. The Morgan fingerprint density at radius 3 is 2.54 bits per heavy atom. The van der Waals surface area contributed by atoms with Crippen molar-refractivity contribution < 1.29 is 4.79 Å². The summed E-state index contributed by atoms with van der Waals surface area (Å²) in [7, 11) is 0. The summed E-state index contributed by atoms with van der Waals surface area (Å²) in [5.41, 5.74) is 3.63. The number of allylic oxidation sites excluding steroid dienone is 5. The van der Waals surface area contributed by atoms with E-state index in [1.54, 1.807) is 0 Å². The lowest BCUT2D eigenvalue weighted by atomic mass is 9.45. The van der Waals surface area contributed by atoms with Crippen LogP contribution < -0.4 is 0 Å². The smallest absolute Gasteiger partial charge is 0.178 e. The van der Waals surface area contributed by atoms with Gasteiger partial charge in [-0.2, -0.15) is 0 Å². The van der Waals surface area contributed by atoms with Gasteiger partial charge in [0.25, 0.3) is 0 Å². The summed E-state index contributed by atoms with van der Waals surface area (Å²) >= 11 is 0. The molecule has 1 nitrogen and oxygen atoms in total. The van der Waals surface area contributed by atoms with E-state index in [-0.39, 0.29) is 11.2 Å². The average Bonchev–Trinajstić information content (AvgIpc) is 2.81. The number of rotatable bonds is 1. The lowest BCUT2D eigenvalue weighted by molar-refractivity contribution is -0.111. The van der Waals surface area contributed by atoms with Crippen molar-refractivity contribution in [2.75, 3.05) is 0 Å². The van der Waals surface area contributed by atoms with Crippen LogP contribution in [0.15, 0.2) is 36.0 Å². The largest absolute Gasteiger partial charge is 0.290 e. The van der Waals surface area contributed by atoms with Gasteiger partial charge in [-0.05, 0) is 86.2 Å². The van der Waals surface area contributed by atoms with Gasteiger partial charge in [0.2, 0.25) is 0 Å². The van der Waals surface area contributed by atoms with Crippen LogP contribution in [0.3, 0.4) is 0 Å². The topological polar surface area (TPSA) is 17.1 Å². The Bertz CT molecular complexity index is 668. The summed E-state index contributed by atoms with van der Waals surface area (Å²) < 4.78 is 0. The number of hydrogen-bond acceptors (Lipinski definition) is 1.